The van der Waals surface area contributed by atoms with Gasteiger partial charge >= 0.3 is 102 Å². The van der Waals surface area contributed by atoms with Crippen LogP contribution < -0.4 is 0 Å². The second-order valence-corrected chi connectivity index (χ2v) is 6.20. The van der Waals surface area contributed by atoms with Gasteiger partial charge in [-0.05, 0) is 0 Å². The first-order valence-corrected chi connectivity index (χ1v) is 7.07. The third-order valence-electron chi connectivity index (χ3n) is 1.96. The van der Waals surface area contributed by atoms with Crippen molar-refractivity contribution < 1.29 is 9.53 Å². The number of carbonyl (C=O) groups is 1. The van der Waals surface area contributed by atoms with E-state index in [1.54, 1.807) is 0 Å². The summed E-state index contributed by atoms with van der Waals surface area (Å²) in [5, 5.41) is 1.14. The van der Waals surface area contributed by atoms with E-state index < -0.39 is 0 Å². The zero-order valence-corrected chi connectivity index (χ0v) is 11.4. The van der Waals surface area contributed by atoms with Crippen LogP contribution in [0.1, 0.15) is 16.2 Å². The molecule has 0 N–H and O–H groups in total. The Labute approximate surface area is 102 Å². The predicted octanol–water partition coefficient (Wildman–Crippen LogP) is 2.84. The summed E-state index contributed by atoms with van der Waals surface area (Å²) in [7, 11) is 0. The Balaban J connectivity index is 2.42. The van der Waals surface area contributed by atoms with E-state index in [4.69, 9.17) is 4.74 Å². The molecule has 1 heterocycles. The second kappa shape index (κ2) is 4.52. The number of hydrogen-bond donors (Lipinski definition) is 0. The minimum absolute atomic E-state index is 0.0887. The van der Waals surface area contributed by atoms with Crippen molar-refractivity contribution in [3.63, 3.8) is 0 Å². The Hall–Kier alpha value is -0.571. The molecule has 15 heavy (non-hydrogen) atoms. The van der Waals surface area contributed by atoms with Crippen LogP contribution in [-0.4, -0.2) is 27.1 Å². The maximum atomic E-state index is 11.5. The quantitative estimate of drug-likeness (QED) is 0.625. The van der Waals surface area contributed by atoms with Gasteiger partial charge in [-0.15, -0.1) is 0 Å². The summed E-state index contributed by atoms with van der Waals surface area (Å²) >= 11 is 3.51. The number of carbonyl (C=O) groups excluding carboxylic acids is 1. The Morgan fingerprint density at radius 1 is 1.47 bits per heavy atom. The SMILES string of the molecule is CCOC(=O)c1cc2ccc(Br)cc2[se]1. The van der Waals surface area contributed by atoms with Crippen molar-refractivity contribution in [2.45, 2.75) is 6.92 Å². The molecule has 0 amide bonds. The molecule has 0 aliphatic heterocycles. The molecule has 0 atom stereocenters. The average molecular weight is 332 g/mol. The van der Waals surface area contributed by atoms with Gasteiger partial charge in [0.25, 0.3) is 0 Å². The number of fused-ring (bicyclic) bond motifs is 1. The van der Waals surface area contributed by atoms with Gasteiger partial charge in [-0.1, -0.05) is 0 Å². The molecule has 0 unspecified atom stereocenters. The average Bonchev–Trinajstić information content (AvgIpc) is 2.60. The fourth-order valence-corrected chi connectivity index (χ4v) is 4.10. The Bertz CT molecular complexity index is 504. The molecule has 2 nitrogen and oxygen atoms in total. The van der Waals surface area contributed by atoms with E-state index in [1.165, 1.54) is 4.26 Å². The molecule has 0 fully saturated rings. The third kappa shape index (κ3) is 2.33. The predicted molar refractivity (Wildman–Crippen MR) is 64.5 cm³/mol. The summed E-state index contributed by atoms with van der Waals surface area (Å²) in [6.45, 7) is 2.26. The standard InChI is InChI=1S/C11H9BrO2Se/c1-2-14-11(13)10-5-7-3-4-8(12)6-9(7)15-10/h3-6H,2H2,1H3. The Morgan fingerprint density at radius 2 is 2.27 bits per heavy atom. The zero-order chi connectivity index (χ0) is 10.8. The van der Waals surface area contributed by atoms with Crippen molar-refractivity contribution in [2.75, 3.05) is 6.61 Å². The monoisotopic (exact) mass is 332 g/mol. The Kier molecular flexibility index (Phi) is 3.29. The van der Waals surface area contributed by atoms with Crippen LogP contribution in [0.15, 0.2) is 28.7 Å². The molecule has 0 saturated heterocycles. The molecular formula is C11H9BrO2Se. The number of hydrogen-bond acceptors (Lipinski definition) is 2. The van der Waals surface area contributed by atoms with Gasteiger partial charge in [0.1, 0.15) is 0 Å². The van der Waals surface area contributed by atoms with Crippen LogP contribution in [-0.2, 0) is 4.74 Å². The summed E-state index contributed by atoms with van der Waals surface area (Å²) in [6.07, 6.45) is 0. The minimum atomic E-state index is -0.176. The maximum absolute atomic E-state index is 11.5. The zero-order valence-electron chi connectivity index (χ0n) is 8.12. The van der Waals surface area contributed by atoms with Crippen LogP contribution in [0.4, 0.5) is 0 Å². The van der Waals surface area contributed by atoms with Crippen molar-refractivity contribution in [3.05, 3.63) is 33.2 Å². The Morgan fingerprint density at radius 3 is 3.00 bits per heavy atom. The molecule has 0 saturated carbocycles. The second-order valence-electron chi connectivity index (χ2n) is 3.01. The molecule has 1 aromatic carbocycles. The van der Waals surface area contributed by atoms with Crippen molar-refractivity contribution in [3.8, 4) is 0 Å². The molecule has 0 aliphatic carbocycles. The van der Waals surface area contributed by atoms with E-state index in [2.05, 4.69) is 22.0 Å². The van der Waals surface area contributed by atoms with E-state index in [1.807, 2.05) is 25.1 Å². The molecule has 78 valence electrons. The molecule has 0 spiro atoms. The van der Waals surface area contributed by atoms with Gasteiger partial charge in [0, 0.05) is 0 Å². The van der Waals surface area contributed by atoms with E-state index in [0.29, 0.717) is 6.61 Å². The first-order chi connectivity index (χ1) is 7.20. The topological polar surface area (TPSA) is 26.3 Å². The van der Waals surface area contributed by atoms with Crippen LogP contribution >= 0.6 is 15.9 Å². The summed E-state index contributed by atoms with van der Waals surface area (Å²) in [5.74, 6) is -0.176. The summed E-state index contributed by atoms with van der Waals surface area (Å²) in [4.78, 5) is 11.5. The molecule has 2 rings (SSSR count). The molecule has 1 aromatic heterocycles. The fraction of sp³-hybridized carbons (Fsp3) is 0.182. The molecule has 2 aromatic rings. The van der Waals surface area contributed by atoms with Crippen molar-refractivity contribution >= 4 is 46.0 Å². The van der Waals surface area contributed by atoms with Gasteiger partial charge in [-0.3, -0.25) is 0 Å². The molecule has 4 heteroatoms. The third-order valence-corrected chi connectivity index (χ3v) is 4.71. The van der Waals surface area contributed by atoms with Crippen LogP contribution in [0, 0.1) is 0 Å². The van der Waals surface area contributed by atoms with Gasteiger partial charge in [0.05, 0.1) is 0 Å². The van der Waals surface area contributed by atoms with Gasteiger partial charge in [-0.2, -0.15) is 0 Å². The van der Waals surface area contributed by atoms with Crippen LogP contribution in [0.5, 0.6) is 0 Å². The molecule has 0 radical (unpaired) electrons. The number of esters is 1. The van der Waals surface area contributed by atoms with Crippen molar-refractivity contribution in [2.24, 2.45) is 0 Å². The molecular weight excluding hydrogens is 323 g/mol. The summed E-state index contributed by atoms with van der Waals surface area (Å²) < 4.78 is 8.08. The van der Waals surface area contributed by atoms with Crippen LogP contribution in [0.3, 0.4) is 0 Å². The number of benzene rings is 1. The van der Waals surface area contributed by atoms with E-state index in [-0.39, 0.29) is 20.5 Å². The normalized spacial score (nSPS) is 10.5. The van der Waals surface area contributed by atoms with Crippen molar-refractivity contribution in [1.29, 1.82) is 0 Å². The van der Waals surface area contributed by atoms with E-state index in [9.17, 15) is 4.79 Å². The molecule has 0 aliphatic rings. The van der Waals surface area contributed by atoms with Gasteiger partial charge in [0.2, 0.25) is 0 Å². The molecule has 0 bridgehead atoms. The van der Waals surface area contributed by atoms with Gasteiger partial charge < -0.3 is 0 Å². The van der Waals surface area contributed by atoms with E-state index >= 15 is 0 Å². The van der Waals surface area contributed by atoms with E-state index in [0.717, 1.165) is 14.3 Å². The summed E-state index contributed by atoms with van der Waals surface area (Å²) in [5.41, 5.74) is 0. The fourth-order valence-electron chi connectivity index (χ4n) is 1.31. The van der Waals surface area contributed by atoms with Crippen LogP contribution in [0.2, 0.25) is 0 Å². The van der Waals surface area contributed by atoms with Crippen molar-refractivity contribution in [1.82, 2.24) is 0 Å². The van der Waals surface area contributed by atoms with Gasteiger partial charge in [-0.25, -0.2) is 0 Å². The number of ether oxygens (including phenoxy) is 1. The van der Waals surface area contributed by atoms with Crippen LogP contribution in [0.25, 0.3) is 9.65 Å². The number of halogens is 1. The van der Waals surface area contributed by atoms with Gasteiger partial charge in [0.15, 0.2) is 0 Å². The summed E-state index contributed by atoms with van der Waals surface area (Å²) in [6, 6.07) is 8.00. The first kappa shape index (κ1) is 10.9. The first-order valence-electron chi connectivity index (χ1n) is 4.57. The number of rotatable bonds is 2.